The van der Waals surface area contributed by atoms with Gasteiger partial charge in [-0.25, -0.2) is 0 Å². The van der Waals surface area contributed by atoms with Crippen LogP contribution in [0.15, 0.2) is 18.5 Å². The molecule has 2 rings (SSSR count). The normalized spacial score (nSPS) is 31.4. The van der Waals surface area contributed by atoms with E-state index >= 15 is 0 Å². The molecular formula is C14H25N3. The highest BCUT2D eigenvalue weighted by Gasteiger charge is 2.24. The number of nitrogens with one attached hydrogen (secondary N) is 1. The topological polar surface area (TPSA) is 29.9 Å². The summed E-state index contributed by atoms with van der Waals surface area (Å²) in [6, 6.07) is 3.18. The Bertz CT molecular complexity index is 310. The lowest BCUT2D eigenvalue weighted by Crippen LogP contribution is -2.43. The molecule has 0 bridgehead atoms. The maximum atomic E-state index is 4.26. The number of hydrogen-bond donors (Lipinski definition) is 1. The summed E-state index contributed by atoms with van der Waals surface area (Å²) in [5.41, 5.74) is 0. The first kappa shape index (κ1) is 12.6. The van der Waals surface area contributed by atoms with Crippen LogP contribution < -0.4 is 5.32 Å². The predicted octanol–water partition coefficient (Wildman–Crippen LogP) is 2.69. The Morgan fingerprint density at radius 3 is 2.59 bits per heavy atom. The van der Waals surface area contributed by atoms with Gasteiger partial charge in [0.15, 0.2) is 0 Å². The molecule has 1 aliphatic rings. The fraction of sp³-hybridized carbons (Fsp3) is 0.786. The fourth-order valence-corrected chi connectivity index (χ4v) is 3.23. The second kappa shape index (κ2) is 5.67. The average Bonchev–Trinajstić information content (AvgIpc) is 2.67. The van der Waals surface area contributed by atoms with Gasteiger partial charge in [0.05, 0.1) is 6.54 Å². The van der Waals surface area contributed by atoms with Crippen molar-refractivity contribution in [2.75, 3.05) is 0 Å². The highest BCUT2D eigenvalue weighted by Crippen LogP contribution is 2.28. The summed E-state index contributed by atoms with van der Waals surface area (Å²) < 4.78 is 2.01. The van der Waals surface area contributed by atoms with E-state index in [1.165, 1.54) is 19.3 Å². The van der Waals surface area contributed by atoms with Gasteiger partial charge in [-0.15, -0.1) is 0 Å². The summed E-state index contributed by atoms with van der Waals surface area (Å²) in [6.45, 7) is 7.98. The van der Waals surface area contributed by atoms with Crippen LogP contribution in [0.5, 0.6) is 0 Å². The molecule has 0 aromatic carbocycles. The van der Waals surface area contributed by atoms with Gasteiger partial charge in [0.1, 0.15) is 0 Å². The van der Waals surface area contributed by atoms with Crippen molar-refractivity contribution in [3.05, 3.63) is 18.5 Å². The predicted molar refractivity (Wildman–Crippen MR) is 70.8 cm³/mol. The Morgan fingerprint density at radius 1 is 1.29 bits per heavy atom. The van der Waals surface area contributed by atoms with Crippen molar-refractivity contribution >= 4 is 0 Å². The molecular weight excluding hydrogens is 210 g/mol. The summed E-state index contributed by atoms with van der Waals surface area (Å²) in [5, 5.41) is 8.01. The molecule has 0 amide bonds. The third kappa shape index (κ3) is 3.84. The molecule has 1 fully saturated rings. The van der Waals surface area contributed by atoms with Gasteiger partial charge in [0, 0.05) is 24.5 Å². The summed E-state index contributed by atoms with van der Waals surface area (Å²) in [5.74, 6) is 1.74. The zero-order valence-corrected chi connectivity index (χ0v) is 11.3. The van der Waals surface area contributed by atoms with Gasteiger partial charge in [-0.05, 0) is 44.1 Å². The summed E-state index contributed by atoms with van der Waals surface area (Å²) >= 11 is 0. The van der Waals surface area contributed by atoms with Crippen molar-refractivity contribution in [3.63, 3.8) is 0 Å². The second-order valence-electron chi connectivity index (χ2n) is 5.91. The molecule has 3 nitrogen and oxygen atoms in total. The first-order valence-electron chi connectivity index (χ1n) is 6.87. The molecule has 3 unspecified atom stereocenters. The van der Waals surface area contributed by atoms with E-state index < -0.39 is 0 Å². The van der Waals surface area contributed by atoms with Crippen LogP contribution in [0, 0.1) is 11.8 Å². The van der Waals surface area contributed by atoms with Crippen molar-refractivity contribution in [1.82, 2.24) is 15.1 Å². The number of rotatable bonds is 4. The van der Waals surface area contributed by atoms with Crippen LogP contribution >= 0.6 is 0 Å². The van der Waals surface area contributed by atoms with Crippen molar-refractivity contribution in [2.45, 2.75) is 58.7 Å². The Morgan fingerprint density at radius 2 is 2.00 bits per heavy atom. The molecule has 0 spiro atoms. The monoisotopic (exact) mass is 235 g/mol. The van der Waals surface area contributed by atoms with Crippen LogP contribution in [0.4, 0.5) is 0 Å². The average molecular weight is 235 g/mol. The van der Waals surface area contributed by atoms with Gasteiger partial charge in [-0.2, -0.15) is 5.10 Å². The van der Waals surface area contributed by atoms with Crippen LogP contribution in [0.2, 0.25) is 0 Å². The zero-order chi connectivity index (χ0) is 12.3. The van der Waals surface area contributed by atoms with Crippen molar-refractivity contribution in [2.24, 2.45) is 11.8 Å². The van der Waals surface area contributed by atoms with Crippen LogP contribution in [-0.4, -0.2) is 21.9 Å². The van der Waals surface area contributed by atoms with Gasteiger partial charge in [0.2, 0.25) is 0 Å². The number of hydrogen-bond acceptors (Lipinski definition) is 2. The van der Waals surface area contributed by atoms with Crippen LogP contribution in [0.1, 0.15) is 40.0 Å². The fourth-order valence-electron chi connectivity index (χ4n) is 3.23. The largest absolute Gasteiger partial charge is 0.310 e. The van der Waals surface area contributed by atoms with E-state index in [1.54, 1.807) is 0 Å². The molecule has 17 heavy (non-hydrogen) atoms. The lowest BCUT2D eigenvalue weighted by atomic mass is 9.80. The van der Waals surface area contributed by atoms with Crippen molar-refractivity contribution in [1.29, 1.82) is 0 Å². The molecule has 1 N–H and O–H groups in total. The van der Waals surface area contributed by atoms with E-state index in [1.807, 2.05) is 23.1 Å². The summed E-state index contributed by atoms with van der Waals surface area (Å²) in [6.07, 6.45) is 7.93. The smallest absolute Gasteiger partial charge is 0.0560 e. The van der Waals surface area contributed by atoms with Gasteiger partial charge in [0.25, 0.3) is 0 Å². The first-order valence-corrected chi connectivity index (χ1v) is 6.87. The highest BCUT2D eigenvalue weighted by molar-refractivity contribution is 4.83. The van der Waals surface area contributed by atoms with Crippen LogP contribution in [0.25, 0.3) is 0 Å². The lowest BCUT2D eigenvalue weighted by Gasteiger charge is -2.34. The van der Waals surface area contributed by atoms with E-state index in [0.717, 1.165) is 18.4 Å². The standard InChI is InChI=1S/C14H25N3/c1-11-7-12(2)9-14(8-11)16-13(3)10-17-6-4-5-15-17/h4-6,11-14,16H,7-10H2,1-3H3. The zero-order valence-electron chi connectivity index (χ0n) is 11.3. The minimum atomic E-state index is 0.498. The number of nitrogens with zero attached hydrogens (tertiary/aromatic N) is 2. The molecule has 3 heteroatoms. The Kier molecular flexibility index (Phi) is 4.21. The summed E-state index contributed by atoms with van der Waals surface area (Å²) in [4.78, 5) is 0. The Balaban J connectivity index is 1.79. The molecule has 1 aromatic heterocycles. The van der Waals surface area contributed by atoms with Gasteiger partial charge in [-0.1, -0.05) is 13.8 Å². The summed E-state index contributed by atoms with van der Waals surface area (Å²) in [7, 11) is 0. The second-order valence-corrected chi connectivity index (χ2v) is 5.91. The minimum Gasteiger partial charge on any atom is -0.310 e. The van der Waals surface area contributed by atoms with E-state index in [-0.39, 0.29) is 0 Å². The van der Waals surface area contributed by atoms with Crippen LogP contribution in [0.3, 0.4) is 0 Å². The van der Waals surface area contributed by atoms with Crippen molar-refractivity contribution in [3.8, 4) is 0 Å². The minimum absolute atomic E-state index is 0.498. The van der Waals surface area contributed by atoms with E-state index in [9.17, 15) is 0 Å². The molecule has 96 valence electrons. The number of aromatic nitrogens is 2. The molecule has 0 saturated heterocycles. The van der Waals surface area contributed by atoms with Crippen LogP contribution in [-0.2, 0) is 6.54 Å². The third-order valence-corrected chi connectivity index (χ3v) is 3.72. The first-order chi connectivity index (χ1) is 8.13. The Hall–Kier alpha value is -0.830. The Labute approximate surface area is 105 Å². The molecule has 1 aliphatic carbocycles. The van der Waals surface area contributed by atoms with E-state index in [4.69, 9.17) is 0 Å². The maximum absolute atomic E-state index is 4.26. The molecule has 1 heterocycles. The van der Waals surface area contributed by atoms with E-state index in [0.29, 0.717) is 12.1 Å². The highest BCUT2D eigenvalue weighted by atomic mass is 15.3. The van der Waals surface area contributed by atoms with Gasteiger partial charge in [-0.3, -0.25) is 4.68 Å². The third-order valence-electron chi connectivity index (χ3n) is 3.72. The van der Waals surface area contributed by atoms with Gasteiger partial charge < -0.3 is 5.32 Å². The molecule has 3 atom stereocenters. The molecule has 1 saturated carbocycles. The molecule has 0 radical (unpaired) electrons. The molecule has 1 aromatic rings. The van der Waals surface area contributed by atoms with Crippen molar-refractivity contribution < 1.29 is 0 Å². The maximum Gasteiger partial charge on any atom is 0.0560 e. The molecule has 0 aliphatic heterocycles. The SMILES string of the molecule is CC1CC(C)CC(NC(C)Cn2cccn2)C1. The van der Waals surface area contributed by atoms with E-state index in [2.05, 4.69) is 31.2 Å². The quantitative estimate of drug-likeness (QED) is 0.869. The van der Waals surface area contributed by atoms with Gasteiger partial charge >= 0.3 is 0 Å². The lowest BCUT2D eigenvalue weighted by molar-refractivity contribution is 0.222.